The molecule has 0 saturated heterocycles. The van der Waals surface area contributed by atoms with Crippen molar-refractivity contribution in [3.8, 4) is 5.75 Å². The molecule has 1 amide bonds. The first-order chi connectivity index (χ1) is 12.6. The van der Waals surface area contributed by atoms with Crippen LogP contribution in [0, 0.1) is 0 Å². The van der Waals surface area contributed by atoms with E-state index < -0.39 is 6.10 Å². The minimum Gasteiger partial charge on any atom is -0.482 e. The quantitative estimate of drug-likeness (QED) is 0.665. The summed E-state index contributed by atoms with van der Waals surface area (Å²) < 4.78 is 5.76. The predicted molar refractivity (Wildman–Crippen MR) is 102 cm³/mol. The van der Waals surface area contributed by atoms with Crippen LogP contribution in [0.1, 0.15) is 27.6 Å². The Bertz CT molecular complexity index is 892. The van der Waals surface area contributed by atoms with E-state index in [2.05, 4.69) is 5.32 Å². The van der Waals surface area contributed by atoms with Gasteiger partial charge in [0.1, 0.15) is 5.75 Å². The number of Topliss-reactive ketones (excluding diaryl/α,β-unsaturated/α-hetero) is 1. The first-order valence-electron chi connectivity index (χ1n) is 8.36. The number of anilines is 1. The van der Waals surface area contributed by atoms with Gasteiger partial charge in [0.15, 0.2) is 6.10 Å². The molecule has 0 aliphatic carbocycles. The van der Waals surface area contributed by atoms with Crippen LogP contribution in [0.25, 0.3) is 0 Å². The summed E-state index contributed by atoms with van der Waals surface area (Å²) in [5, 5.41) is 2.83. The first-order valence-corrected chi connectivity index (χ1v) is 8.36. The van der Waals surface area contributed by atoms with E-state index in [1.54, 1.807) is 55.5 Å². The van der Waals surface area contributed by atoms with Gasteiger partial charge in [-0.1, -0.05) is 54.6 Å². The lowest BCUT2D eigenvalue weighted by Crippen LogP contribution is -2.23. The molecule has 0 spiro atoms. The van der Waals surface area contributed by atoms with Crippen molar-refractivity contribution in [1.29, 1.82) is 0 Å². The van der Waals surface area contributed by atoms with Gasteiger partial charge in [-0.25, -0.2) is 0 Å². The van der Waals surface area contributed by atoms with E-state index in [1.807, 2.05) is 36.4 Å². The second-order valence-electron chi connectivity index (χ2n) is 5.84. The van der Waals surface area contributed by atoms with Crippen LogP contribution in [0.2, 0.25) is 0 Å². The zero-order valence-corrected chi connectivity index (χ0v) is 14.4. The molecule has 1 N–H and O–H groups in total. The molecular weight excluding hydrogens is 326 g/mol. The zero-order chi connectivity index (χ0) is 18.4. The van der Waals surface area contributed by atoms with E-state index in [0.29, 0.717) is 22.6 Å². The van der Waals surface area contributed by atoms with Crippen molar-refractivity contribution in [2.24, 2.45) is 0 Å². The van der Waals surface area contributed by atoms with Gasteiger partial charge in [-0.15, -0.1) is 0 Å². The maximum Gasteiger partial charge on any atom is 0.255 e. The third-order valence-corrected chi connectivity index (χ3v) is 3.87. The first kappa shape index (κ1) is 17.4. The number of amides is 1. The number of carbonyl (C=O) groups excluding carboxylic acids is 2. The molecule has 3 aromatic rings. The molecule has 0 saturated carbocycles. The Morgan fingerprint density at radius 1 is 0.808 bits per heavy atom. The Kier molecular flexibility index (Phi) is 5.44. The largest absolute Gasteiger partial charge is 0.482 e. The summed E-state index contributed by atoms with van der Waals surface area (Å²) >= 11 is 0. The number of ether oxygens (including phenoxy) is 1. The van der Waals surface area contributed by atoms with Crippen LogP contribution < -0.4 is 10.1 Å². The summed E-state index contributed by atoms with van der Waals surface area (Å²) in [7, 11) is 0. The molecule has 0 aromatic heterocycles. The fourth-order valence-corrected chi connectivity index (χ4v) is 2.53. The smallest absolute Gasteiger partial charge is 0.255 e. The van der Waals surface area contributed by atoms with Crippen molar-refractivity contribution in [3.05, 3.63) is 96.1 Å². The van der Waals surface area contributed by atoms with E-state index in [1.165, 1.54) is 0 Å². The molecule has 1 unspecified atom stereocenters. The Balaban J connectivity index is 1.67. The van der Waals surface area contributed by atoms with Gasteiger partial charge in [0.25, 0.3) is 5.91 Å². The van der Waals surface area contributed by atoms with Gasteiger partial charge in [-0.3, -0.25) is 9.59 Å². The van der Waals surface area contributed by atoms with E-state index in [4.69, 9.17) is 4.74 Å². The van der Waals surface area contributed by atoms with Crippen molar-refractivity contribution < 1.29 is 14.3 Å². The van der Waals surface area contributed by atoms with E-state index in [9.17, 15) is 9.59 Å². The van der Waals surface area contributed by atoms with E-state index in [-0.39, 0.29) is 11.7 Å². The molecule has 0 aliphatic heterocycles. The van der Waals surface area contributed by atoms with Gasteiger partial charge in [-0.05, 0) is 31.2 Å². The molecular formula is C22H19NO3. The standard InChI is InChI=1S/C22H19NO3/c1-16(21(24)17-9-4-2-5-10-17)26-20-14-8-13-19(15-20)23-22(25)18-11-6-3-7-12-18/h2-16H,1H3,(H,23,25). The number of carbonyl (C=O) groups is 2. The highest BCUT2D eigenvalue weighted by molar-refractivity contribution is 6.04. The third-order valence-electron chi connectivity index (χ3n) is 3.87. The molecule has 3 rings (SSSR count). The van der Waals surface area contributed by atoms with Crippen LogP contribution >= 0.6 is 0 Å². The van der Waals surface area contributed by atoms with Gasteiger partial charge in [0, 0.05) is 22.9 Å². The van der Waals surface area contributed by atoms with Crippen molar-refractivity contribution in [3.63, 3.8) is 0 Å². The Hall–Kier alpha value is -3.40. The highest BCUT2D eigenvalue weighted by Gasteiger charge is 2.16. The van der Waals surface area contributed by atoms with Crippen molar-refractivity contribution >= 4 is 17.4 Å². The van der Waals surface area contributed by atoms with Gasteiger partial charge in [-0.2, -0.15) is 0 Å². The Labute approximate surface area is 152 Å². The van der Waals surface area contributed by atoms with Gasteiger partial charge < -0.3 is 10.1 Å². The SMILES string of the molecule is CC(Oc1cccc(NC(=O)c2ccccc2)c1)C(=O)c1ccccc1. The molecule has 4 heteroatoms. The average Bonchev–Trinajstić information content (AvgIpc) is 2.69. The molecule has 0 radical (unpaired) electrons. The minimum atomic E-state index is -0.627. The number of rotatable bonds is 6. The maximum absolute atomic E-state index is 12.4. The Morgan fingerprint density at radius 3 is 2.08 bits per heavy atom. The second kappa shape index (κ2) is 8.12. The van der Waals surface area contributed by atoms with Gasteiger partial charge in [0.2, 0.25) is 5.78 Å². The summed E-state index contributed by atoms with van der Waals surface area (Å²) in [5.41, 5.74) is 1.79. The summed E-state index contributed by atoms with van der Waals surface area (Å²) in [6, 6.07) is 25.0. The monoisotopic (exact) mass is 345 g/mol. The van der Waals surface area contributed by atoms with Crippen LogP contribution in [0.4, 0.5) is 5.69 Å². The molecule has 26 heavy (non-hydrogen) atoms. The molecule has 1 atom stereocenters. The van der Waals surface area contributed by atoms with Crippen molar-refractivity contribution in [2.75, 3.05) is 5.32 Å². The third kappa shape index (κ3) is 4.36. The summed E-state index contributed by atoms with van der Waals surface area (Å²) in [6.45, 7) is 1.71. The second-order valence-corrected chi connectivity index (χ2v) is 5.84. The van der Waals surface area contributed by atoms with Gasteiger partial charge in [0.05, 0.1) is 0 Å². The minimum absolute atomic E-state index is 0.0932. The van der Waals surface area contributed by atoms with E-state index in [0.717, 1.165) is 0 Å². The van der Waals surface area contributed by atoms with Crippen LogP contribution in [0.3, 0.4) is 0 Å². The fourth-order valence-electron chi connectivity index (χ4n) is 2.53. The fraction of sp³-hybridized carbons (Fsp3) is 0.0909. The lowest BCUT2D eigenvalue weighted by molar-refractivity contribution is 0.0818. The molecule has 130 valence electrons. The van der Waals surface area contributed by atoms with E-state index >= 15 is 0 Å². The topological polar surface area (TPSA) is 55.4 Å². The molecule has 0 heterocycles. The van der Waals surface area contributed by atoms with Crippen LogP contribution in [-0.2, 0) is 0 Å². The van der Waals surface area contributed by atoms with Gasteiger partial charge >= 0.3 is 0 Å². The predicted octanol–water partition coefficient (Wildman–Crippen LogP) is 4.59. The van der Waals surface area contributed by atoms with Crippen molar-refractivity contribution in [2.45, 2.75) is 13.0 Å². The van der Waals surface area contributed by atoms with Crippen molar-refractivity contribution in [1.82, 2.24) is 0 Å². The summed E-state index contributed by atoms with van der Waals surface area (Å²) in [5.74, 6) is 0.230. The Morgan fingerprint density at radius 2 is 1.42 bits per heavy atom. The lowest BCUT2D eigenvalue weighted by Gasteiger charge is -2.15. The molecule has 4 nitrogen and oxygen atoms in total. The number of hydrogen-bond donors (Lipinski definition) is 1. The molecule has 0 fully saturated rings. The summed E-state index contributed by atoms with van der Waals surface area (Å²) in [6.07, 6.45) is -0.627. The van der Waals surface area contributed by atoms with Crippen LogP contribution in [0.15, 0.2) is 84.9 Å². The zero-order valence-electron chi connectivity index (χ0n) is 14.4. The molecule has 0 bridgehead atoms. The highest BCUT2D eigenvalue weighted by atomic mass is 16.5. The average molecular weight is 345 g/mol. The molecule has 0 aliphatic rings. The number of nitrogens with one attached hydrogen (secondary N) is 1. The number of hydrogen-bond acceptors (Lipinski definition) is 3. The van der Waals surface area contributed by atoms with Crippen LogP contribution in [-0.4, -0.2) is 17.8 Å². The highest BCUT2D eigenvalue weighted by Crippen LogP contribution is 2.20. The lowest BCUT2D eigenvalue weighted by atomic mass is 10.1. The summed E-state index contributed by atoms with van der Waals surface area (Å²) in [4.78, 5) is 24.6. The van der Waals surface area contributed by atoms with Crippen LogP contribution in [0.5, 0.6) is 5.75 Å². The number of benzene rings is 3. The molecule has 3 aromatic carbocycles. The number of ketones is 1. The maximum atomic E-state index is 12.4. The normalized spacial score (nSPS) is 11.4.